The average molecular weight is 575 g/mol. The molecule has 0 saturated heterocycles. The quantitative estimate of drug-likeness (QED) is 0.149. The number of rotatable bonds is 6. The van der Waals surface area contributed by atoms with E-state index in [9.17, 15) is 0 Å². The van der Waals surface area contributed by atoms with Crippen LogP contribution in [0.15, 0.2) is 34.3 Å². The number of hydrogen-bond donors (Lipinski definition) is 0. The van der Waals surface area contributed by atoms with Crippen LogP contribution in [0.3, 0.4) is 0 Å². The molecule has 0 fully saturated rings. The summed E-state index contributed by atoms with van der Waals surface area (Å²) in [4.78, 5) is 24.8. The molecular formula is C30H30N4S4. The van der Waals surface area contributed by atoms with Crippen LogP contribution in [0.5, 0.6) is 0 Å². The predicted octanol–water partition coefficient (Wildman–Crippen LogP) is 8.66. The van der Waals surface area contributed by atoms with E-state index in [1.165, 1.54) is 104 Å². The van der Waals surface area contributed by atoms with Crippen molar-refractivity contribution in [2.24, 2.45) is 0 Å². The van der Waals surface area contributed by atoms with Gasteiger partial charge in [-0.1, -0.05) is 24.3 Å². The highest BCUT2D eigenvalue weighted by molar-refractivity contribution is 7.99. The first-order valence-electron chi connectivity index (χ1n) is 13.5. The molecule has 0 radical (unpaired) electrons. The molecule has 5 aromatic rings. The molecule has 38 heavy (non-hydrogen) atoms. The lowest BCUT2D eigenvalue weighted by Crippen LogP contribution is -2.00. The summed E-state index contributed by atoms with van der Waals surface area (Å²) in [6.45, 7) is 4.04. The van der Waals surface area contributed by atoms with Crippen LogP contribution in [0.25, 0.3) is 20.4 Å². The molecule has 4 nitrogen and oxygen atoms in total. The average Bonchev–Trinajstić information content (AvgIpc) is 3.48. The Bertz CT molecular complexity index is 1530. The second-order valence-corrected chi connectivity index (χ2v) is 14.4. The molecule has 0 spiro atoms. The molecule has 2 aliphatic rings. The van der Waals surface area contributed by atoms with Gasteiger partial charge >= 0.3 is 0 Å². The zero-order valence-electron chi connectivity index (χ0n) is 21.8. The standard InChI is InChI=1S/C30H30N4S4/c1-17-31-27(25-21-7-3-5-9-23(21)37-29(25)33-17)35-15-19-11-13-20(14-12-19)16-36-28-26-22-8-4-6-10-24(22)38-30(26)34-18(2)32-28/h11-14H,3-10,15-16H2,1-2H3. The van der Waals surface area contributed by atoms with Crippen LogP contribution in [0.2, 0.25) is 0 Å². The van der Waals surface area contributed by atoms with Crippen molar-refractivity contribution >= 4 is 66.6 Å². The molecule has 8 heteroatoms. The number of thioether (sulfide) groups is 2. The molecule has 4 aromatic heterocycles. The predicted molar refractivity (Wildman–Crippen MR) is 163 cm³/mol. The van der Waals surface area contributed by atoms with Gasteiger partial charge in [0.25, 0.3) is 0 Å². The maximum atomic E-state index is 4.88. The Labute approximate surface area is 240 Å². The third-order valence-electron chi connectivity index (χ3n) is 7.56. The molecule has 0 saturated carbocycles. The maximum absolute atomic E-state index is 4.88. The van der Waals surface area contributed by atoms with E-state index in [-0.39, 0.29) is 0 Å². The first-order chi connectivity index (χ1) is 18.6. The monoisotopic (exact) mass is 574 g/mol. The summed E-state index contributed by atoms with van der Waals surface area (Å²) >= 11 is 7.50. The molecule has 0 unspecified atom stereocenters. The Morgan fingerprint density at radius 3 is 1.47 bits per heavy atom. The Hall–Kier alpha value is -2.00. The fourth-order valence-electron chi connectivity index (χ4n) is 5.70. The Kier molecular flexibility index (Phi) is 6.92. The van der Waals surface area contributed by atoms with Gasteiger partial charge in [-0.05, 0) is 87.5 Å². The fourth-order valence-corrected chi connectivity index (χ4v) is 10.6. The van der Waals surface area contributed by atoms with Gasteiger partial charge in [0.05, 0.1) is 0 Å². The van der Waals surface area contributed by atoms with Gasteiger partial charge in [0, 0.05) is 32.0 Å². The van der Waals surface area contributed by atoms with Gasteiger partial charge in [0.2, 0.25) is 0 Å². The van der Waals surface area contributed by atoms with E-state index < -0.39 is 0 Å². The van der Waals surface area contributed by atoms with E-state index in [1.54, 1.807) is 0 Å². The van der Waals surface area contributed by atoms with Gasteiger partial charge in [0.15, 0.2) is 0 Å². The molecule has 194 valence electrons. The van der Waals surface area contributed by atoms with E-state index in [0.717, 1.165) is 33.2 Å². The summed E-state index contributed by atoms with van der Waals surface area (Å²) in [6.07, 6.45) is 9.92. The topological polar surface area (TPSA) is 51.6 Å². The second-order valence-electron chi connectivity index (χ2n) is 10.3. The Morgan fingerprint density at radius 1 is 0.605 bits per heavy atom. The van der Waals surface area contributed by atoms with Crippen molar-refractivity contribution in [1.82, 2.24) is 19.9 Å². The van der Waals surface area contributed by atoms with Crippen LogP contribution in [0, 0.1) is 13.8 Å². The summed E-state index contributed by atoms with van der Waals surface area (Å²) in [6, 6.07) is 9.13. The summed E-state index contributed by atoms with van der Waals surface area (Å²) in [7, 11) is 0. The van der Waals surface area contributed by atoms with Crippen molar-refractivity contribution in [2.75, 3.05) is 0 Å². The first-order valence-corrected chi connectivity index (χ1v) is 17.1. The van der Waals surface area contributed by atoms with E-state index >= 15 is 0 Å². The van der Waals surface area contributed by atoms with Crippen molar-refractivity contribution in [1.29, 1.82) is 0 Å². The summed E-state index contributed by atoms with van der Waals surface area (Å²) in [5.74, 6) is 3.62. The summed E-state index contributed by atoms with van der Waals surface area (Å²) in [5, 5.41) is 4.98. The minimum Gasteiger partial charge on any atom is -0.226 e. The molecule has 4 heterocycles. The number of fused-ring (bicyclic) bond motifs is 6. The third-order valence-corrected chi connectivity index (χ3v) is 12.0. The summed E-state index contributed by atoms with van der Waals surface area (Å²) < 4.78 is 0. The van der Waals surface area contributed by atoms with E-state index in [0.29, 0.717) is 0 Å². The molecule has 1 aromatic carbocycles. The number of thiophene rings is 2. The Balaban J connectivity index is 1.07. The molecule has 2 aliphatic carbocycles. The number of benzene rings is 1. The maximum Gasteiger partial charge on any atom is 0.128 e. The molecule has 0 bridgehead atoms. The molecule has 7 rings (SSSR count). The lowest BCUT2D eigenvalue weighted by Gasteiger charge is -2.12. The number of aryl methyl sites for hydroxylation is 6. The number of hydrogen-bond acceptors (Lipinski definition) is 8. The molecule has 0 atom stereocenters. The van der Waals surface area contributed by atoms with Crippen molar-refractivity contribution in [3.63, 3.8) is 0 Å². The highest BCUT2D eigenvalue weighted by atomic mass is 32.2. The van der Waals surface area contributed by atoms with Crippen LogP contribution in [0.4, 0.5) is 0 Å². The van der Waals surface area contributed by atoms with Crippen molar-refractivity contribution < 1.29 is 0 Å². The van der Waals surface area contributed by atoms with E-state index in [2.05, 4.69) is 24.3 Å². The van der Waals surface area contributed by atoms with Gasteiger partial charge in [-0.2, -0.15) is 0 Å². The van der Waals surface area contributed by atoms with Crippen molar-refractivity contribution in [3.8, 4) is 0 Å². The lowest BCUT2D eigenvalue weighted by molar-refractivity contribution is 0.699. The van der Waals surface area contributed by atoms with Gasteiger partial charge in [-0.25, -0.2) is 19.9 Å². The lowest BCUT2D eigenvalue weighted by atomic mass is 9.97. The van der Waals surface area contributed by atoms with E-state index in [4.69, 9.17) is 19.9 Å². The summed E-state index contributed by atoms with van der Waals surface area (Å²) in [5.41, 5.74) is 5.72. The van der Waals surface area contributed by atoms with Crippen LogP contribution in [0.1, 0.15) is 69.3 Å². The fraction of sp³-hybridized carbons (Fsp3) is 0.400. The zero-order valence-corrected chi connectivity index (χ0v) is 25.1. The van der Waals surface area contributed by atoms with E-state index in [1.807, 2.05) is 60.0 Å². The van der Waals surface area contributed by atoms with Gasteiger partial charge in [0.1, 0.15) is 31.4 Å². The normalized spacial score (nSPS) is 15.2. The molecule has 0 amide bonds. The molecular weight excluding hydrogens is 545 g/mol. The van der Waals surface area contributed by atoms with Crippen LogP contribution in [-0.2, 0) is 37.2 Å². The van der Waals surface area contributed by atoms with Crippen molar-refractivity contribution in [2.45, 2.75) is 86.8 Å². The second kappa shape index (κ2) is 10.5. The first kappa shape index (κ1) is 25.0. The highest BCUT2D eigenvalue weighted by Gasteiger charge is 2.22. The SMILES string of the molecule is Cc1nc(SCc2ccc(CSc3nc(C)nc4sc5c(c34)CCCC5)cc2)c2c3c(sc2n1)CCCC3. The van der Waals surface area contributed by atoms with Gasteiger partial charge in [-0.15, -0.1) is 46.2 Å². The minimum absolute atomic E-state index is 0.881. The van der Waals surface area contributed by atoms with Crippen LogP contribution >= 0.6 is 46.2 Å². The molecule has 0 N–H and O–H groups in total. The zero-order chi connectivity index (χ0) is 25.6. The van der Waals surface area contributed by atoms with Crippen molar-refractivity contribution in [3.05, 3.63) is 67.9 Å². The van der Waals surface area contributed by atoms with Crippen LogP contribution in [-0.4, -0.2) is 19.9 Å². The van der Waals surface area contributed by atoms with Gasteiger partial charge < -0.3 is 0 Å². The highest BCUT2D eigenvalue weighted by Crippen LogP contribution is 2.42. The minimum atomic E-state index is 0.881. The number of aromatic nitrogens is 4. The van der Waals surface area contributed by atoms with Gasteiger partial charge in [-0.3, -0.25) is 0 Å². The number of nitrogens with zero attached hydrogens (tertiary/aromatic N) is 4. The third kappa shape index (κ3) is 4.78. The Morgan fingerprint density at radius 2 is 1.03 bits per heavy atom. The smallest absolute Gasteiger partial charge is 0.128 e. The largest absolute Gasteiger partial charge is 0.226 e. The molecule has 0 aliphatic heterocycles. The van der Waals surface area contributed by atoms with Crippen LogP contribution < -0.4 is 0 Å².